The third-order valence-corrected chi connectivity index (χ3v) is 9.13. The number of benzene rings is 3. The van der Waals surface area contributed by atoms with Crippen molar-refractivity contribution in [2.75, 3.05) is 6.61 Å². The Morgan fingerprint density at radius 2 is 1.39 bits per heavy atom. The fourth-order valence-electron chi connectivity index (χ4n) is 2.62. The van der Waals surface area contributed by atoms with Crippen LogP contribution in [-0.2, 0) is 0 Å². The molecule has 0 aliphatic rings. The Hall–Kier alpha value is -1.32. The normalized spacial score (nSPS) is 10.8. The van der Waals surface area contributed by atoms with Crippen LogP contribution in [0.25, 0.3) is 0 Å². The van der Waals surface area contributed by atoms with E-state index in [1.54, 1.807) is 0 Å². The Labute approximate surface area is 183 Å². The minimum absolute atomic E-state index is 0.552. The van der Waals surface area contributed by atoms with Crippen molar-refractivity contribution < 1.29 is 4.74 Å². The Morgan fingerprint density at radius 3 is 2.07 bits per heavy atom. The molecule has 3 aromatic carbocycles. The standard InChI is InChI=1S/C24H26OS2Se/c1-3-5-18-28-24-13-9-8-12-23(24)27-22-11-7-6-10-21(22)26-20-16-14-19(15-17-20)25-4-2/h6-17H,3-5,18H2,1-2H3. The molecule has 0 N–H and O–H groups in total. The molecule has 0 radical (unpaired) electrons. The van der Waals surface area contributed by atoms with E-state index in [1.165, 1.54) is 42.2 Å². The maximum atomic E-state index is 5.56. The van der Waals surface area contributed by atoms with Gasteiger partial charge in [-0.1, -0.05) is 0 Å². The molecule has 0 aliphatic carbocycles. The van der Waals surface area contributed by atoms with Gasteiger partial charge in [0, 0.05) is 0 Å². The molecule has 1 nitrogen and oxygen atoms in total. The zero-order valence-corrected chi connectivity index (χ0v) is 19.7. The second-order valence-corrected chi connectivity index (χ2v) is 10.8. The van der Waals surface area contributed by atoms with Crippen LogP contribution < -0.4 is 9.20 Å². The first-order valence-electron chi connectivity index (χ1n) is 9.69. The monoisotopic (exact) mass is 474 g/mol. The topological polar surface area (TPSA) is 9.23 Å². The molecule has 28 heavy (non-hydrogen) atoms. The van der Waals surface area contributed by atoms with Crippen molar-refractivity contribution in [2.24, 2.45) is 0 Å². The van der Waals surface area contributed by atoms with Gasteiger partial charge in [0.25, 0.3) is 0 Å². The minimum atomic E-state index is 0.552. The summed E-state index contributed by atoms with van der Waals surface area (Å²) in [7, 11) is 0. The van der Waals surface area contributed by atoms with Gasteiger partial charge < -0.3 is 0 Å². The molecular formula is C24H26OS2Se. The molecule has 0 aliphatic heterocycles. The van der Waals surface area contributed by atoms with Crippen LogP contribution in [0.3, 0.4) is 0 Å². The molecule has 0 bridgehead atoms. The third-order valence-electron chi connectivity index (χ3n) is 4.04. The van der Waals surface area contributed by atoms with Crippen molar-refractivity contribution >= 4 is 42.9 Å². The van der Waals surface area contributed by atoms with E-state index in [9.17, 15) is 0 Å². The number of hydrogen-bond acceptors (Lipinski definition) is 3. The van der Waals surface area contributed by atoms with E-state index >= 15 is 0 Å². The number of ether oxygens (including phenoxy) is 1. The van der Waals surface area contributed by atoms with Crippen molar-refractivity contribution in [3.63, 3.8) is 0 Å². The fraction of sp³-hybridized carbons (Fsp3) is 0.250. The van der Waals surface area contributed by atoms with Crippen LogP contribution in [0.1, 0.15) is 26.7 Å². The molecule has 0 spiro atoms. The molecule has 3 rings (SSSR count). The summed E-state index contributed by atoms with van der Waals surface area (Å²) < 4.78 is 7.08. The van der Waals surface area contributed by atoms with Gasteiger partial charge in [0.05, 0.1) is 0 Å². The van der Waals surface area contributed by atoms with Crippen LogP contribution in [0.2, 0.25) is 5.32 Å². The molecule has 0 saturated heterocycles. The summed E-state index contributed by atoms with van der Waals surface area (Å²) in [6.45, 7) is 4.98. The van der Waals surface area contributed by atoms with Crippen molar-refractivity contribution in [1.82, 2.24) is 0 Å². The van der Waals surface area contributed by atoms with Crippen LogP contribution in [0.5, 0.6) is 5.75 Å². The predicted molar refractivity (Wildman–Crippen MR) is 124 cm³/mol. The van der Waals surface area contributed by atoms with Gasteiger partial charge in [-0.2, -0.15) is 0 Å². The van der Waals surface area contributed by atoms with Crippen molar-refractivity contribution in [1.29, 1.82) is 0 Å². The molecule has 0 unspecified atom stereocenters. The molecule has 0 atom stereocenters. The summed E-state index contributed by atoms with van der Waals surface area (Å²) in [6.07, 6.45) is 2.60. The van der Waals surface area contributed by atoms with E-state index in [4.69, 9.17) is 4.74 Å². The molecular weight excluding hydrogens is 447 g/mol. The van der Waals surface area contributed by atoms with Gasteiger partial charge in [-0.3, -0.25) is 0 Å². The van der Waals surface area contributed by atoms with Gasteiger partial charge in [-0.15, -0.1) is 0 Å². The van der Waals surface area contributed by atoms with E-state index in [2.05, 4.69) is 67.6 Å². The van der Waals surface area contributed by atoms with Crippen molar-refractivity contribution in [3.8, 4) is 5.75 Å². The van der Waals surface area contributed by atoms with Crippen molar-refractivity contribution in [2.45, 2.75) is 51.6 Å². The van der Waals surface area contributed by atoms with E-state index < -0.39 is 0 Å². The summed E-state index contributed by atoms with van der Waals surface area (Å²) in [5, 5.41) is 1.32. The third kappa shape index (κ3) is 6.35. The summed E-state index contributed by atoms with van der Waals surface area (Å²) in [5.74, 6) is 0.928. The zero-order chi connectivity index (χ0) is 19.6. The van der Waals surface area contributed by atoms with Gasteiger partial charge in [0.15, 0.2) is 0 Å². The molecule has 0 heterocycles. The average Bonchev–Trinajstić information content (AvgIpc) is 2.72. The SMILES string of the molecule is CCCC[Se]c1ccccc1Sc1ccccc1Sc1ccc(OCC)cc1. The van der Waals surface area contributed by atoms with Gasteiger partial charge >= 0.3 is 177 Å². The number of unbranched alkanes of at least 4 members (excludes halogenated alkanes) is 1. The molecule has 4 heteroatoms. The average molecular weight is 474 g/mol. The Bertz CT molecular complexity index is 864. The first kappa shape index (κ1) is 21.4. The summed E-state index contributed by atoms with van der Waals surface area (Å²) >= 11 is 4.27. The maximum absolute atomic E-state index is 5.56. The second kappa shape index (κ2) is 11.6. The molecule has 0 fully saturated rings. The number of rotatable bonds is 10. The Kier molecular flexibility index (Phi) is 8.88. The summed E-state index contributed by atoms with van der Waals surface area (Å²) in [6, 6.07) is 26.0. The first-order valence-corrected chi connectivity index (χ1v) is 13.4. The van der Waals surface area contributed by atoms with Gasteiger partial charge in [0.1, 0.15) is 0 Å². The quantitative estimate of drug-likeness (QED) is 0.233. The van der Waals surface area contributed by atoms with E-state index in [-0.39, 0.29) is 0 Å². The summed E-state index contributed by atoms with van der Waals surface area (Å²) in [5.41, 5.74) is 0. The molecule has 0 aromatic heterocycles. The number of hydrogen-bond donors (Lipinski definition) is 0. The Morgan fingerprint density at radius 1 is 0.750 bits per heavy atom. The fourth-order valence-corrected chi connectivity index (χ4v) is 7.32. The van der Waals surface area contributed by atoms with Crippen LogP contribution in [0, 0.1) is 0 Å². The molecule has 3 aromatic rings. The first-order chi connectivity index (χ1) is 13.8. The van der Waals surface area contributed by atoms with E-state index in [1.807, 2.05) is 42.6 Å². The van der Waals surface area contributed by atoms with E-state index in [0.29, 0.717) is 21.6 Å². The van der Waals surface area contributed by atoms with Crippen LogP contribution in [0.15, 0.2) is 92.4 Å². The van der Waals surface area contributed by atoms with Gasteiger partial charge in [-0.05, 0) is 6.92 Å². The molecule has 0 amide bonds. The second-order valence-electron chi connectivity index (χ2n) is 6.20. The zero-order valence-electron chi connectivity index (χ0n) is 16.4. The van der Waals surface area contributed by atoms with E-state index in [0.717, 1.165) is 5.75 Å². The van der Waals surface area contributed by atoms with Crippen LogP contribution >= 0.6 is 23.5 Å². The van der Waals surface area contributed by atoms with Gasteiger partial charge in [0.2, 0.25) is 0 Å². The van der Waals surface area contributed by atoms with Crippen LogP contribution in [0.4, 0.5) is 0 Å². The summed E-state index contributed by atoms with van der Waals surface area (Å²) in [4.78, 5) is 5.25. The Balaban J connectivity index is 1.76. The molecule has 146 valence electrons. The van der Waals surface area contributed by atoms with Crippen LogP contribution in [-0.4, -0.2) is 21.6 Å². The predicted octanol–water partition coefficient (Wildman–Crippen LogP) is 6.94. The molecule has 0 saturated carbocycles. The van der Waals surface area contributed by atoms with Crippen molar-refractivity contribution in [3.05, 3.63) is 72.8 Å². The van der Waals surface area contributed by atoms with Gasteiger partial charge in [-0.25, -0.2) is 0 Å².